The van der Waals surface area contributed by atoms with Crippen molar-refractivity contribution >= 4 is 23.6 Å². The summed E-state index contributed by atoms with van der Waals surface area (Å²) in [5.41, 5.74) is 7.84. The van der Waals surface area contributed by atoms with Crippen molar-refractivity contribution in [1.29, 1.82) is 0 Å². The lowest BCUT2D eigenvalue weighted by molar-refractivity contribution is -0.150. The smallest absolute Gasteiger partial charge is 0.309 e. The Bertz CT molecular complexity index is 806. The van der Waals surface area contributed by atoms with Gasteiger partial charge in [-0.25, -0.2) is 0 Å². The second-order valence-electron chi connectivity index (χ2n) is 6.16. The number of nitrogens with two attached hydrogens (primary N) is 1. The third-order valence-corrected chi connectivity index (χ3v) is 4.29. The van der Waals surface area contributed by atoms with E-state index in [9.17, 15) is 4.79 Å². The van der Waals surface area contributed by atoms with Gasteiger partial charge in [-0.1, -0.05) is 37.3 Å². The van der Waals surface area contributed by atoms with Crippen molar-refractivity contribution in [2.75, 3.05) is 11.1 Å². The molecule has 1 aromatic heterocycles. The molecule has 0 spiro atoms. The van der Waals surface area contributed by atoms with Crippen LogP contribution in [0.2, 0.25) is 0 Å². The summed E-state index contributed by atoms with van der Waals surface area (Å²) < 4.78 is 5.36. The number of carbonyl (C=O) groups is 1. The van der Waals surface area contributed by atoms with Crippen molar-refractivity contribution in [3.8, 4) is 0 Å². The van der Waals surface area contributed by atoms with Crippen LogP contribution in [0, 0.1) is 5.92 Å². The van der Waals surface area contributed by atoms with E-state index in [1.807, 2.05) is 30.3 Å². The number of nitrogens with zero attached hydrogens (tertiary/aromatic N) is 3. The Balaban J connectivity index is 1.67. The Morgan fingerprint density at radius 1 is 1.27 bits per heavy atom. The number of carbonyl (C=O) groups excluding carboxylic acids is 1. The number of allylic oxidation sites excluding steroid dienone is 2. The molecule has 136 valence electrons. The van der Waals surface area contributed by atoms with Gasteiger partial charge in [0, 0.05) is 5.69 Å². The van der Waals surface area contributed by atoms with Gasteiger partial charge in [-0.2, -0.15) is 15.0 Å². The molecule has 1 atom stereocenters. The standard InChI is InChI=1S/C19H23N5O2/c1-2-13-8-6-7-11-15(13)21-19-23-16(22-18(20)24-19)12-26-17(25)14-9-4-3-5-10-14/h3-4,6-8,11,14H,2,5,9-10,12H2,1H3,(H3,20,21,22,23,24)/t14-/m0/s1. The van der Waals surface area contributed by atoms with Gasteiger partial charge in [0.1, 0.15) is 0 Å². The zero-order valence-electron chi connectivity index (χ0n) is 14.8. The third kappa shape index (κ3) is 4.56. The van der Waals surface area contributed by atoms with Crippen molar-refractivity contribution in [3.63, 3.8) is 0 Å². The molecule has 7 heteroatoms. The van der Waals surface area contributed by atoms with Gasteiger partial charge in [0.05, 0.1) is 5.92 Å². The van der Waals surface area contributed by atoms with E-state index in [-0.39, 0.29) is 24.4 Å². The molecule has 2 aromatic rings. The number of anilines is 3. The maximum absolute atomic E-state index is 12.1. The number of hydrogen-bond donors (Lipinski definition) is 2. The maximum Gasteiger partial charge on any atom is 0.309 e. The first kappa shape index (κ1) is 17.8. The summed E-state index contributed by atoms with van der Waals surface area (Å²) in [5, 5.41) is 3.16. The summed E-state index contributed by atoms with van der Waals surface area (Å²) in [6.45, 7) is 2.06. The van der Waals surface area contributed by atoms with Gasteiger partial charge in [-0.3, -0.25) is 4.79 Å². The van der Waals surface area contributed by atoms with E-state index in [1.165, 1.54) is 0 Å². The number of nitrogen functional groups attached to an aromatic ring is 1. The summed E-state index contributed by atoms with van der Waals surface area (Å²) in [4.78, 5) is 24.6. The Hall–Kier alpha value is -2.96. The normalized spacial score (nSPS) is 16.3. The van der Waals surface area contributed by atoms with Crippen LogP contribution in [0.3, 0.4) is 0 Å². The molecule has 0 saturated heterocycles. The van der Waals surface area contributed by atoms with Crippen molar-refractivity contribution in [3.05, 3.63) is 47.8 Å². The Morgan fingerprint density at radius 3 is 2.88 bits per heavy atom. The van der Waals surface area contributed by atoms with Crippen molar-refractivity contribution < 1.29 is 9.53 Å². The predicted octanol–water partition coefficient (Wildman–Crippen LogP) is 3.16. The topological polar surface area (TPSA) is 103 Å². The molecule has 0 saturated carbocycles. The summed E-state index contributed by atoms with van der Waals surface area (Å²) in [6, 6.07) is 7.91. The van der Waals surface area contributed by atoms with Crippen molar-refractivity contribution in [1.82, 2.24) is 15.0 Å². The predicted molar refractivity (Wildman–Crippen MR) is 99.6 cm³/mol. The quantitative estimate of drug-likeness (QED) is 0.607. The van der Waals surface area contributed by atoms with Crippen molar-refractivity contribution in [2.24, 2.45) is 5.92 Å². The van der Waals surface area contributed by atoms with Gasteiger partial charge in [-0.05, 0) is 37.3 Å². The molecule has 3 rings (SSSR count). The number of esters is 1. The summed E-state index contributed by atoms with van der Waals surface area (Å²) in [5.74, 6) is 0.439. The van der Waals surface area contributed by atoms with Gasteiger partial charge >= 0.3 is 5.97 Å². The molecule has 1 aromatic carbocycles. The zero-order valence-corrected chi connectivity index (χ0v) is 14.8. The first-order valence-electron chi connectivity index (χ1n) is 8.82. The number of ether oxygens (including phenoxy) is 1. The Kier molecular flexibility index (Phi) is 5.78. The molecular weight excluding hydrogens is 330 g/mol. The lowest BCUT2D eigenvalue weighted by atomic mass is 9.95. The van der Waals surface area contributed by atoms with Crippen LogP contribution in [0.15, 0.2) is 36.4 Å². The van der Waals surface area contributed by atoms with Gasteiger partial charge in [0.25, 0.3) is 0 Å². The molecule has 0 radical (unpaired) electrons. The molecule has 0 aliphatic heterocycles. The van der Waals surface area contributed by atoms with Crippen LogP contribution in [0.25, 0.3) is 0 Å². The van der Waals surface area contributed by atoms with E-state index in [1.54, 1.807) is 0 Å². The van der Waals surface area contributed by atoms with Crippen LogP contribution < -0.4 is 11.1 Å². The van der Waals surface area contributed by atoms with E-state index >= 15 is 0 Å². The minimum absolute atomic E-state index is 0.0180. The van der Waals surface area contributed by atoms with Crippen LogP contribution in [0.1, 0.15) is 37.6 Å². The largest absolute Gasteiger partial charge is 0.457 e. The number of nitrogens with one attached hydrogen (secondary N) is 1. The van der Waals surface area contributed by atoms with Gasteiger partial charge in [0.2, 0.25) is 11.9 Å². The average molecular weight is 353 g/mol. The molecule has 1 aliphatic rings. The molecule has 1 heterocycles. The lowest BCUT2D eigenvalue weighted by Crippen LogP contribution is -2.19. The highest BCUT2D eigenvalue weighted by molar-refractivity contribution is 5.72. The minimum atomic E-state index is -0.223. The van der Waals surface area contributed by atoms with Crippen LogP contribution in [-0.2, 0) is 22.6 Å². The van der Waals surface area contributed by atoms with E-state index in [4.69, 9.17) is 10.5 Å². The molecule has 0 unspecified atom stereocenters. The number of benzene rings is 1. The van der Waals surface area contributed by atoms with E-state index in [2.05, 4.69) is 33.3 Å². The molecule has 3 N–H and O–H groups in total. The average Bonchev–Trinajstić information content (AvgIpc) is 2.67. The van der Waals surface area contributed by atoms with Crippen molar-refractivity contribution in [2.45, 2.75) is 39.2 Å². The summed E-state index contributed by atoms with van der Waals surface area (Å²) >= 11 is 0. The zero-order chi connectivity index (χ0) is 18.4. The highest BCUT2D eigenvalue weighted by atomic mass is 16.5. The highest BCUT2D eigenvalue weighted by Crippen LogP contribution is 2.21. The second kappa shape index (κ2) is 8.42. The molecular formula is C19H23N5O2. The minimum Gasteiger partial charge on any atom is -0.457 e. The number of para-hydroxylation sites is 1. The number of aryl methyl sites for hydroxylation is 1. The fraction of sp³-hybridized carbons (Fsp3) is 0.368. The third-order valence-electron chi connectivity index (χ3n) is 4.29. The van der Waals surface area contributed by atoms with Gasteiger partial charge in [-0.15, -0.1) is 0 Å². The number of hydrogen-bond acceptors (Lipinski definition) is 7. The molecule has 7 nitrogen and oxygen atoms in total. The van der Waals surface area contributed by atoms with Gasteiger partial charge in [0.15, 0.2) is 12.4 Å². The monoisotopic (exact) mass is 353 g/mol. The van der Waals surface area contributed by atoms with Crippen LogP contribution in [0.5, 0.6) is 0 Å². The second-order valence-corrected chi connectivity index (χ2v) is 6.16. The van der Waals surface area contributed by atoms with Crippen LogP contribution >= 0.6 is 0 Å². The first-order chi connectivity index (χ1) is 12.7. The summed E-state index contributed by atoms with van der Waals surface area (Å²) in [7, 11) is 0. The van der Waals surface area contributed by atoms with Crippen LogP contribution in [-0.4, -0.2) is 20.9 Å². The maximum atomic E-state index is 12.1. The highest BCUT2D eigenvalue weighted by Gasteiger charge is 2.20. The van der Waals surface area contributed by atoms with E-state index in [0.29, 0.717) is 11.8 Å². The lowest BCUT2D eigenvalue weighted by Gasteiger charge is -2.16. The molecule has 26 heavy (non-hydrogen) atoms. The van der Waals surface area contributed by atoms with Crippen LogP contribution in [0.4, 0.5) is 17.6 Å². The van der Waals surface area contributed by atoms with E-state index < -0.39 is 0 Å². The fourth-order valence-electron chi connectivity index (χ4n) is 2.89. The molecule has 0 bridgehead atoms. The molecule has 0 fully saturated rings. The Labute approximate surface area is 152 Å². The number of aromatic nitrogens is 3. The van der Waals surface area contributed by atoms with E-state index in [0.717, 1.165) is 36.9 Å². The molecule has 1 aliphatic carbocycles. The number of rotatable bonds is 6. The molecule has 0 amide bonds. The SMILES string of the molecule is CCc1ccccc1Nc1nc(N)nc(COC(=O)[C@H]2CC=CCC2)n1. The first-order valence-corrected chi connectivity index (χ1v) is 8.82. The Morgan fingerprint density at radius 2 is 2.12 bits per heavy atom. The summed E-state index contributed by atoms with van der Waals surface area (Å²) in [6.07, 6.45) is 7.42. The van der Waals surface area contributed by atoms with Gasteiger partial charge < -0.3 is 15.8 Å². The fourth-order valence-corrected chi connectivity index (χ4v) is 2.89.